The summed E-state index contributed by atoms with van der Waals surface area (Å²) in [6.07, 6.45) is -4.79. The van der Waals surface area contributed by atoms with Gasteiger partial charge in [0.25, 0.3) is 11.8 Å². The maximum absolute atomic E-state index is 13.9. The van der Waals surface area contributed by atoms with Gasteiger partial charge in [-0.05, 0) is 29.0 Å². The zero-order valence-corrected chi connectivity index (χ0v) is 21.1. The molecule has 1 aromatic rings. The summed E-state index contributed by atoms with van der Waals surface area (Å²) >= 11 is 0. The number of alkyl halides is 3. The molecule has 196 valence electrons. The summed E-state index contributed by atoms with van der Waals surface area (Å²) in [4.78, 5) is 40.3. The van der Waals surface area contributed by atoms with Crippen molar-refractivity contribution in [1.82, 2.24) is 4.90 Å². The maximum atomic E-state index is 13.9. The van der Waals surface area contributed by atoms with Crippen molar-refractivity contribution in [1.29, 1.82) is 0 Å². The predicted molar refractivity (Wildman–Crippen MR) is 127 cm³/mol. The van der Waals surface area contributed by atoms with E-state index in [1.54, 1.807) is 4.90 Å². The number of amides is 3. The molecule has 1 saturated heterocycles. The Kier molecular flexibility index (Phi) is 8.60. The smallest absolute Gasteiger partial charge is 0.370 e. The van der Waals surface area contributed by atoms with E-state index in [1.165, 1.54) is 6.07 Å². The first kappa shape index (κ1) is 28.6. The van der Waals surface area contributed by atoms with Crippen molar-refractivity contribution in [3.05, 3.63) is 23.8 Å². The van der Waals surface area contributed by atoms with E-state index in [4.69, 9.17) is 10.5 Å². The highest BCUT2D eigenvalue weighted by atomic mass is 19.4. The van der Waals surface area contributed by atoms with Crippen molar-refractivity contribution in [3.63, 3.8) is 0 Å². The average molecular weight is 501 g/mol. The Labute approximate surface area is 203 Å². The fraction of sp³-hybridized carbons (Fsp3) is 0.625. The number of anilines is 2. The number of hydrogen-bond donors (Lipinski definition) is 2. The van der Waals surface area contributed by atoms with Gasteiger partial charge >= 0.3 is 6.18 Å². The van der Waals surface area contributed by atoms with Gasteiger partial charge < -0.3 is 20.7 Å². The summed E-state index contributed by atoms with van der Waals surface area (Å²) in [7, 11) is 0. The van der Waals surface area contributed by atoms with Crippen LogP contribution in [0.15, 0.2) is 18.2 Å². The van der Waals surface area contributed by atoms with Crippen LogP contribution in [-0.4, -0.2) is 61.5 Å². The maximum Gasteiger partial charge on any atom is 0.418 e. The number of nitrogens with zero attached hydrogens (tertiary/aromatic N) is 2. The van der Waals surface area contributed by atoms with E-state index >= 15 is 0 Å². The fourth-order valence-corrected chi connectivity index (χ4v) is 3.99. The second-order valence-corrected chi connectivity index (χ2v) is 11.1. The first-order valence-electron chi connectivity index (χ1n) is 11.3. The Morgan fingerprint density at radius 3 is 2.14 bits per heavy atom. The lowest BCUT2D eigenvalue weighted by atomic mass is 9.90. The minimum absolute atomic E-state index is 0.0219. The molecule has 0 aliphatic carbocycles. The van der Waals surface area contributed by atoms with Gasteiger partial charge in [-0.2, -0.15) is 13.2 Å². The lowest BCUT2D eigenvalue weighted by molar-refractivity contribution is -0.138. The molecule has 0 spiro atoms. The van der Waals surface area contributed by atoms with Crippen LogP contribution in [0.1, 0.15) is 47.1 Å². The number of benzene rings is 1. The number of hydrogen-bond acceptors (Lipinski definition) is 5. The Morgan fingerprint density at radius 1 is 1.11 bits per heavy atom. The van der Waals surface area contributed by atoms with Crippen molar-refractivity contribution in [3.8, 4) is 0 Å². The normalized spacial score (nSPS) is 16.4. The average Bonchev–Trinajstić information content (AvgIpc) is 2.65. The molecule has 3 N–H and O–H groups in total. The predicted octanol–water partition coefficient (Wildman–Crippen LogP) is 3.26. The lowest BCUT2D eigenvalue weighted by Crippen LogP contribution is -2.56. The van der Waals surface area contributed by atoms with E-state index < -0.39 is 35.5 Å². The number of morpholine rings is 1. The van der Waals surface area contributed by atoms with Crippen LogP contribution in [0.2, 0.25) is 0 Å². The van der Waals surface area contributed by atoms with Crippen molar-refractivity contribution in [2.45, 2.75) is 53.8 Å². The second-order valence-electron chi connectivity index (χ2n) is 11.1. The number of halogens is 3. The Balaban J connectivity index is 2.40. The molecule has 1 aliphatic rings. The molecule has 0 unspecified atom stereocenters. The Hall–Kier alpha value is -2.66. The topological polar surface area (TPSA) is 105 Å². The minimum atomic E-state index is -4.79. The van der Waals surface area contributed by atoms with Gasteiger partial charge in [0, 0.05) is 25.3 Å². The number of carbonyl (C=O) groups is 3. The Morgan fingerprint density at radius 2 is 1.69 bits per heavy atom. The highest BCUT2D eigenvalue weighted by Gasteiger charge is 2.39. The molecule has 0 radical (unpaired) electrons. The number of nitrogens with two attached hydrogens (primary N) is 1. The van der Waals surface area contributed by atoms with Crippen LogP contribution in [0.5, 0.6) is 0 Å². The second kappa shape index (κ2) is 10.5. The third-order valence-electron chi connectivity index (χ3n) is 5.08. The van der Waals surface area contributed by atoms with Crippen LogP contribution in [0.4, 0.5) is 24.5 Å². The highest BCUT2D eigenvalue weighted by Crippen LogP contribution is 2.39. The van der Waals surface area contributed by atoms with Crippen LogP contribution in [0.3, 0.4) is 0 Å². The number of ether oxygens (including phenoxy) is 1. The molecular formula is C24H35F3N4O4. The van der Waals surface area contributed by atoms with Gasteiger partial charge in [-0.3, -0.25) is 19.3 Å². The molecule has 0 aromatic heterocycles. The van der Waals surface area contributed by atoms with E-state index in [1.807, 2.05) is 41.5 Å². The summed E-state index contributed by atoms with van der Waals surface area (Å²) in [6.45, 7) is 12.2. The number of carbonyl (C=O) groups excluding carboxylic acids is 3. The summed E-state index contributed by atoms with van der Waals surface area (Å²) in [5, 5.41) is 2.42. The molecule has 1 aliphatic heterocycles. The molecule has 35 heavy (non-hydrogen) atoms. The van der Waals surface area contributed by atoms with Gasteiger partial charge in [0.1, 0.15) is 6.61 Å². The van der Waals surface area contributed by atoms with Crippen LogP contribution in [-0.2, 0) is 25.3 Å². The Bertz CT molecular complexity index is 936. The van der Waals surface area contributed by atoms with Gasteiger partial charge in [0.15, 0.2) is 6.04 Å². The summed E-state index contributed by atoms with van der Waals surface area (Å²) in [5.41, 5.74) is 3.46. The minimum Gasteiger partial charge on any atom is -0.370 e. The quantitative estimate of drug-likeness (QED) is 0.560. The molecule has 1 atom stereocenters. The van der Waals surface area contributed by atoms with Crippen molar-refractivity contribution in [2.24, 2.45) is 16.6 Å². The molecule has 1 aromatic carbocycles. The van der Waals surface area contributed by atoms with E-state index in [9.17, 15) is 27.6 Å². The largest absolute Gasteiger partial charge is 0.418 e. The highest BCUT2D eigenvalue weighted by molar-refractivity contribution is 6.09. The van der Waals surface area contributed by atoms with Gasteiger partial charge in [0.2, 0.25) is 5.91 Å². The molecule has 1 fully saturated rings. The van der Waals surface area contributed by atoms with Gasteiger partial charge in [-0.1, -0.05) is 41.5 Å². The summed E-state index contributed by atoms with van der Waals surface area (Å²) < 4.78 is 46.6. The number of rotatable bonds is 7. The third-order valence-corrected chi connectivity index (χ3v) is 5.08. The van der Waals surface area contributed by atoms with Gasteiger partial charge in [-0.25, -0.2) is 0 Å². The summed E-state index contributed by atoms with van der Waals surface area (Å²) in [6, 6.07) is 1.76. The van der Waals surface area contributed by atoms with Crippen molar-refractivity contribution in [2.75, 3.05) is 43.1 Å². The van der Waals surface area contributed by atoms with Crippen molar-refractivity contribution >= 4 is 29.1 Å². The SMILES string of the molecule is CC(C)(C)CN(CC(C)(C)C)[C@H](C(N)=O)C(=O)Nc1ccc(N2CCOCC2=O)c(C(F)(F)F)c1. The van der Waals surface area contributed by atoms with Crippen LogP contribution in [0, 0.1) is 10.8 Å². The zero-order valence-electron chi connectivity index (χ0n) is 21.1. The van der Waals surface area contributed by atoms with Gasteiger partial charge in [-0.15, -0.1) is 0 Å². The number of nitrogens with one attached hydrogen (secondary N) is 1. The standard InChI is InChI=1S/C24H35F3N4O4/c1-22(2,3)13-30(14-23(4,5)6)19(20(28)33)21(34)29-15-7-8-17(16(11-15)24(25,26)27)31-9-10-35-12-18(31)32/h7-8,11,19H,9-10,12-14H2,1-6H3,(H2,28,33)(H,29,34)/t19-/m1/s1. The molecule has 8 nitrogen and oxygen atoms in total. The van der Waals surface area contributed by atoms with Crippen LogP contribution < -0.4 is 16.0 Å². The molecule has 3 amide bonds. The third kappa shape index (κ3) is 8.21. The van der Waals surface area contributed by atoms with E-state index in [0.717, 1.165) is 17.0 Å². The molecule has 2 rings (SSSR count). The number of primary amides is 1. The molecule has 1 heterocycles. The zero-order chi connectivity index (χ0) is 26.8. The van der Waals surface area contributed by atoms with Crippen LogP contribution in [0.25, 0.3) is 0 Å². The molecule has 0 bridgehead atoms. The van der Waals surface area contributed by atoms with Crippen LogP contribution >= 0.6 is 0 Å². The van der Waals surface area contributed by atoms with Crippen molar-refractivity contribution < 1.29 is 32.3 Å². The lowest BCUT2D eigenvalue weighted by Gasteiger charge is -2.38. The van der Waals surface area contributed by atoms with E-state index in [-0.39, 0.29) is 42.0 Å². The monoisotopic (exact) mass is 500 g/mol. The molecule has 11 heteroatoms. The fourth-order valence-electron chi connectivity index (χ4n) is 3.99. The summed E-state index contributed by atoms with van der Waals surface area (Å²) in [5.74, 6) is -2.32. The first-order valence-corrected chi connectivity index (χ1v) is 11.3. The van der Waals surface area contributed by atoms with E-state index in [0.29, 0.717) is 13.1 Å². The molecular weight excluding hydrogens is 465 g/mol. The first-order chi connectivity index (χ1) is 15.9. The van der Waals surface area contributed by atoms with E-state index in [2.05, 4.69) is 5.32 Å². The van der Waals surface area contributed by atoms with Gasteiger partial charge in [0.05, 0.1) is 17.9 Å². The molecule has 0 saturated carbocycles.